The van der Waals surface area contributed by atoms with Crippen LogP contribution in [0.1, 0.15) is 46.4 Å². The molecule has 1 unspecified atom stereocenters. The minimum atomic E-state index is 0.0198. The van der Waals surface area contributed by atoms with Crippen LogP contribution in [-0.2, 0) is 11.8 Å². The second-order valence-corrected chi connectivity index (χ2v) is 9.12. The van der Waals surface area contributed by atoms with Crippen molar-refractivity contribution in [3.05, 3.63) is 52.2 Å². The fourth-order valence-corrected chi connectivity index (χ4v) is 4.54. The van der Waals surface area contributed by atoms with Crippen molar-refractivity contribution >= 4 is 34.3 Å². The van der Waals surface area contributed by atoms with Crippen molar-refractivity contribution in [2.45, 2.75) is 39.5 Å². The number of likely N-dealkylation sites (tertiary alicyclic amines) is 1. The fourth-order valence-electron chi connectivity index (χ4n) is 3.72. The fraction of sp³-hybridized carbons (Fsp3) is 0.409. The van der Waals surface area contributed by atoms with E-state index in [4.69, 9.17) is 0 Å². The second kappa shape index (κ2) is 8.97. The number of amides is 1. The Bertz CT molecular complexity index is 1100. The molecule has 3 aromatic rings. The minimum absolute atomic E-state index is 0.0198. The zero-order chi connectivity index (χ0) is 22.0. The standard InChI is InChI=1S/C22H27N7OS/c1-14-15(2)31-22(24-14)27-20-10-19(25-16(3)26-20)18-6-5-9-29(13-18)21(30)8-7-17-11-23-28(4)12-17/h7-8,10-12,18H,5-6,9,13H2,1-4H3,(H,24,25,26,27). The lowest BCUT2D eigenvalue weighted by Gasteiger charge is -2.32. The van der Waals surface area contributed by atoms with Gasteiger partial charge in [0.05, 0.1) is 17.6 Å². The van der Waals surface area contributed by atoms with E-state index < -0.39 is 0 Å². The Hall–Kier alpha value is -3.07. The number of anilines is 2. The van der Waals surface area contributed by atoms with Gasteiger partial charge in [0.2, 0.25) is 5.91 Å². The van der Waals surface area contributed by atoms with E-state index in [1.54, 1.807) is 28.3 Å². The topological polar surface area (TPSA) is 88.8 Å². The normalized spacial score (nSPS) is 16.8. The molecule has 1 atom stereocenters. The summed E-state index contributed by atoms with van der Waals surface area (Å²) in [5.41, 5.74) is 2.91. The molecule has 0 saturated carbocycles. The molecule has 1 aliphatic rings. The molecule has 1 fully saturated rings. The quantitative estimate of drug-likeness (QED) is 0.612. The number of rotatable bonds is 5. The average Bonchev–Trinajstić information content (AvgIpc) is 3.30. The van der Waals surface area contributed by atoms with Gasteiger partial charge in [0.25, 0.3) is 0 Å². The van der Waals surface area contributed by atoms with Gasteiger partial charge in [-0.25, -0.2) is 15.0 Å². The van der Waals surface area contributed by atoms with Crippen molar-refractivity contribution in [3.63, 3.8) is 0 Å². The molecule has 162 valence electrons. The van der Waals surface area contributed by atoms with Crippen LogP contribution in [0.4, 0.5) is 10.9 Å². The molecule has 1 amide bonds. The Labute approximate surface area is 186 Å². The van der Waals surface area contributed by atoms with Crippen molar-refractivity contribution < 1.29 is 4.79 Å². The molecule has 1 aliphatic heterocycles. The van der Waals surface area contributed by atoms with Crippen molar-refractivity contribution in [2.24, 2.45) is 7.05 Å². The lowest BCUT2D eigenvalue weighted by atomic mass is 9.94. The molecule has 0 radical (unpaired) electrons. The molecule has 8 nitrogen and oxygen atoms in total. The zero-order valence-electron chi connectivity index (χ0n) is 18.3. The lowest BCUT2D eigenvalue weighted by Crippen LogP contribution is -2.38. The summed E-state index contributed by atoms with van der Waals surface area (Å²) in [5.74, 6) is 1.67. The van der Waals surface area contributed by atoms with Crippen LogP contribution >= 0.6 is 11.3 Å². The maximum Gasteiger partial charge on any atom is 0.246 e. The van der Waals surface area contributed by atoms with Gasteiger partial charge in [-0.3, -0.25) is 9.48 Å². The van der Waals surface area contributed by atoms with E-state index in [1.807, 2.05) is 44.1 Å². The average molecular weight is 438 g/mol. The molecule has 9 heteroatoms. The summed E-state index contributed by atoms with van der Waals surface area (Å²) in [6, 6.07) is 1.99. The van der Waals surface area contributed by atoms with Crippen molar-refractivity contribution in [1.82, 2.24) is 29.6 Å². The molecule has 3 aromatic heterocycles. The highest BCUT2D eigenvalue weighted by molar-refractivity contribution is 7.15. The van der Waals surface area contributed by atoms with Crippen LogP contribution in [0.5, 0.6) is 0 Å². The number of hydrogen-bond donors (Lipinski definition) is 1. The minimum Gasteiger partial charge on any atom is -0.338 e. The van der Waals surface area contributed by atoms with Gasteiger partial charge in [-0.2, -0.15) is 5.10 Å². The third-order valence-corrected chi connectivity index (χ3v) is 6.40. The number of piperidine rings is 1. The highest BCUT2D eigenvalue weighted by Crippen LogP contribution is 2.29. The molecule has 1 N–H and O–H groups in total. The summed E-state index contributed by atoms with van der Waals surface area (Å²) < 4.78 is 1.72. The smallest absolute Gasteiger partial charge is 0.246 e. The van der Waals surface area contributed by atoms with Gasteiger partial charge in [0.1, 0.15) is 11.6 Å². The van der Waals surface area contributed by atoms with E-state index in [9.17, 15) is 4.79 Å². The van der Waals surface area contributed by atoms with Crippen LogP contribution in [0, 0.1) is 20.8 Å². The van der Waals surface area contributed by atoms with E-state index >= 15 is 0 Å². The Morgan fingerprint density at radius 3 is 2.81 bits per heavy atom. The van der Waals surface area contributed by atoms with E-state index in [-0.39, 0.29) is 11.8 Å². The highest BCUT2D eigenvalue weighted by atomic mass is 32.1. The first-order valence-electron chi connectivity index (χ1n) is 10.4. The largest absolute Gasteiger partial charge is 0.338 e. The molecule has 4 rings (SSSR count). The van der Waals surface area contributed by atoms with Crippen LogP contribution in [0.25, 0.3) is 6.08 Å². The first-order chi connectivity index (χ1) is 14.9. The molecule has 0 aromatic carbocycles. The third-order valence-electron chi connectivity index (χ3n) is 5.42. The summed E-state index contributed by atoms with van der Waals surface area (Å²) in [7, 11) is 1.86. The Kier molecular flexibility index (Phi) is 6.13. The van der Waals surface area contributed by atoms with Gasteiger partial charge in [0.15, 0.2) is 5.13 Å². The van der Waals surface area contributed by atoms with Crippen LogP contribution in [0.15, 0.2) is 24.5 Å². The number of nitrogens with zero attached hydrogens (tertiary/aromatic N) is 6. The lowest BCUT2D eigenvalue weighted by molar-refractivity contribution is -0.127. The van der Waals surface area contributed by atoms with Crippen LogP contribution in [0.2, 0.25) is 0 Å². The van der Waals surface area contributed by atoms with E-state index in [2.05, 4.69) is 32.3 Å². The summed E-state index contributed by atoms with van der Waals surface area (Å²) in [6.07, 6.45) is 9.02. The molecular weight excluding hydrogens is 410 g/mol. The number of thiazole rings is 1. The predicted octanol–water partition coefficient (Wildman–Crippen LogP) is 3.75. The Morgan fingerprint density at radius 2 is 2.10 bits per heavy atom. The van der Waals surface area contributed by atoms with Gasteiger partial charge in [0, 0.05) is 54.8 Å². The predicted molar refractivity (Wildman–Crippen MR) is 122 cm³/mol. The van der Waals surface area contributed by atoms with Crippen molar-refractivity contribution in [3.8, 4) is 0 Å². The van der Waals surface area contributed by atoms with Gasteiger partial charge < -0.3 is 10.2 Å². The molecule has 0 bridgehead atoms. The van der Waals surface area contributed by atoms with Crippen LogP contribution < -0.4 is 5.32 Å². The van der Waals surface area contributed by atoms with Crippen molar-refractivity contribution in [2.75, 3.05) is 18.4 Å². The van der Waals surface area contributed by atoms with Crippen LogP contribution in [0.3, 0.4) is 0 Å². The van der Waals surface area contributed by atoms with E-state index in [1.165, 1.54) is 4.88 Å². The summed E-state index contributed by atoms with van der Waals surface area (Å²) in [5, 5.41) is 8.28. The Morgan fingerprint density at radius 1 is 1.26 bits per heavy atom. The maximum atomic E-state index is 12.7. The number of aromatic nitrogens is 5. The molecule has 31 heavy (non-hydrogen) atoms. The summed E-state index contributed by atoms with van der Waals surface area (Å²) in [4.78, 5) is 29.6. The van der Waals surface area contributed by atoms with Gasteiger partial charge in [-0.15, -0.1) is 11.3 Å². The summed E-state index contributed by atoms with van der Waals surface area (Å²) in [6.45, 7) is 7.38. The molecule has 0 aliphatic carbocycles. The summed E-state index contributed by atoms with van der Waals surface area (Å²) >= 11 is 1.62. The van der Waals surface area contributed by atoms with Gasteiger partial charge in [-0.1, -0.05) is 0 Å². The maximum absolute atomic E-state index is 12.7. The molecule has 1 saturated heterocycles. The Balaban J connectivity index is 1.46. The van der Waals surface area contributed by atoms with Crippen molar-refractivity contribution in [1.29, 1.82) is 0 Å². The first-order valence-corrected chi connectivity index (χ1v) is 11.2. The zero-order valence-corrected chi connectivity index (χ0v) is 19.1. The number of carbonyl (C=O) groups is 1. The molecule has 4 heterocycles. The third kappa shape index (κ3) is 5.16. The highest BCUT2D eigenvalue weighted by Gasteiger charge is 2.25. The van der Waals surface area contributed by atoms with E-state index in [0.29, 0.717) is 12.4 Å². The molecular formula is C22H27N7OS. The van der Waals surface area contributed by atoms with Gasteiger partial charge >= 0.3 is 0 Å². The first kappa shape index (κ1) is 21.2. The van der Waals surface area contributed by atoms with Gasteiger partial charge in [-0.05, 0) is 39.7 Å². The van der Waals surface area contributed by atoms with Crippen LogP contribution in [-0.4, -0.2) is 48.6 Å². The SMILES string of the molecule is Cc1nc(Nc2nc(C)c(C)s2)cc(C2CCCN(C(=O)C=Cc3cnn(C)c3)C2)n1. The number of hydrogen-bond acceptors (Lipinski definition) is 7. The number of aryl methyl sites for hydroxylation is 4. The molecule has 0 spiro atoms. The van der Waals surface area contributed by atoms with E-state index in [0.717, 1.165) is 47.3 Å². The number of nitrogens with one attached hydrogen (secondary N) is 1. The number of carbonyl (C=O) groups excluding carboxylic acids is 1. The second-order valence-electron chi connectivity index (χ2n) is 7.91. The monoisotopic (exact) mass is 437 g/mol.